The number of rotatable bonds is 7. The molecule has 0 aromatic heterocycles. The van der Waals surface area contributed by atoms with Crippen molar-refractivity contribution in [2.75, 3.05) is 33.2 Å². The normalized spacial score (nSPS) is 19.9. The van der Waals surface area contributed by atoms with E-state index >= 15 is 0 Å². The molecule has 120 valence electrons. The first-order valence-electron chi connectivity index (χ1n) is 8.37. The molecule has 1 saturated heterocycles. The fourth-order valence-corrected chi connectivity index (χ4v) is 2.96. The molecule has 2 fully saturated rings. The summed E-state index contributed by atoms with van der Waals surface area (Å²) in [7, 11) is 2.13. The molecule has 2 amide bonds. The minimum Gasteiger partial charge on any atom is -0.355 e. The Morgan fingerprint density at radius 2 is 1.86 bits per heavy atom. The lowest BCUT2D eigenvalue weighted by Crippen LogP contribution is -2.44. The maximum absolute atomic E-state index is 12.1. The van der Waals surface area contributed by atoms with Crippen LogP contribution in [0.5, 0.6) is 0 Å². The molecule has 1 aliphatic heterocycles. The number of amides is 2. The second-order valence-electron chi connectivity index (χ2n) is 6.41. The zero-order valence-corrected chi connectivity index (χ0v) is 13.4. The number of carbonyl (C=O) groups excluding carboxylic acids is 2. The average Bonchev–Trinajstić information content (AvgIpc) is 3.32. The number of likely N-dealkylation sites (N-methyl/N-ethyl adjacent to an activating group) is 1. The van der Waals surface area contributed by atoms with Gasteiger partial charge in [-0.25, -0.2) is 0 Å². The van der Waals surface area contributed by atoms with Crippen LogP contribution in [-0.2, 0) is 9.59 Å². The summed E-state index contributed by atoms with van der Waals surface area (Å²) in [6.45, 7) is 5.17. The standard InChI is InChI=1S/C16H29N3O2/c1-3-4-15(20)19-10-7-13(8-11-19)16(21)17-9-12-18(2)14-5-6-14/h13-14H,3-12H2,1-2H3,(H,17,21). The lowest BCUT2D eigenvalue weighted by molar-refractivity contribution is -0.135. The summed E-state index contributed by atoms with van der Waals surface area (Å²) in [6, 6.07) is 0.745. The summed E-state index contributed by atoms with van der Waals surface area (Å²) in [4.78, 5) is 28.2. The molecule has 21 heavy (non-hydrogen) atoms. The highest BCUT2D eigenvalue weighted by Gasteiger charge is 2.28. The van der Waals surface area contributed by atoms with Gasteiger partial charge in [-0.2, -0.15) is 0 Å². The first-order chi connectivity index (χ1) is 10.1. The van der Waals surface area contributed by atoms with Crippen molar-refractivity contribution >= 4 is 11.8 Å². The Morgan fingerprint density at radius 3 is 2.43 bits per heavy atom. The van der Waals surface area contributed by atoms with Crippen molar-refractivity contribution in [3.8, 4) is 0 Å². The fraction of sp³-hybridized carbons (Fsp3) is 0.875. The van der Waals surface area contributed by atoms with Crippen molar-refractivity contribution in [2.24, 2.45) is 5.92 Å². The summed E-state index contributed by atoms with van der Waals surface area (Å²) in [5.41, 5.74) is 0. The van der Waals surface area contributed by atoms with E-state index in [4.69, 9.17) is 0 Å². The third-order valence-corrected chi connectivity index (χ3v) is 4.62. The molecule has 2 rings (SSSR count). The van der Waals surface area contributed by atoms with Crippen LogP contribution in [0.4, 0.5) is 0 Å². The average molecular weight is 295 g/mol. The van der Waals surface area contributed by atoms with Crippen LogP contribution in [0, 0.1) is 5.92 Å². The zero-order chi connectivity index (χ0) is 15.2. The molecule has 0 aromatic rings. The third kappa shape index (κ3) is 4.99. The Labute approximate surface area is 128 Å². The first kappa shape index (κ1) is 16.3. The number of likely N-dealkylation sites (tertiary alicyclic amines) is 1. The Morgan fingerprint density at radius 1 is 1.19 bits per heavy atom. The molecule has 0 aromatic carbocycles. The van der Waals surface area contributed by atoms with Crippen molar-refractivity contribution in [3.63, 3.8) is 0 Å². The minimum absolute atomic E-state index is 0.0851. The molecule has 5 heteroatoms. The highest BCUT2D eigenvalue weighted by atomic mass is 16.2. The molecule has 1 saturated carbocycles. The highest BCUT2D eigenvalue weighted by molar-refractivity contribution is 5.80. The molecular formula is C16H29N3O2. The van der Waals surface area contributed by atoms with Gasteiger partial charge < -0.3 is 15.1 Å². The molecule has 0 spiro atoms. The zero-order valence-electron chi connectivity index (χ0n) is 13.4. The summed E-state index contributed by atoms with van der Waals surface area (Å²) >= 11 is 0. The Balaban J connectivity index is 1.62. The number of nitrogens with one attached hydrogen (secondary N) is 1. The summed E-state index contributed by atoms with van der Waals surface area (Å²) in [5.74, 6) is 0.492. The van der Waals surface area contributed by atoms with Crippen molar-refractivity contribution < 1.29 is 9.59 Å². The molecule has 1 N–H and O–H groups in total. The molecule has 2 aliphatic rings. The maximum Gasteiger partial charge on any atom is 0.223 e. The van der Waals surface area contributed by atoms with Gasteiger partial charge in [-0.1, -0.05) is 6.92 Å². The van der Waals surface area contributed by atoms with Crippen molar-refractivity contribution in [2.45, 2.75) is 51.5 Å². The van der Waals surface area contributed by atoms with Gasteiger partial charge in [0.05, 0.1) is 0 Å². The third-order valence-electron chi connectivity index (χ3n) is 4.62. The molecule has 0 atom stereocenters. The van der Waals surface area contributed by atoms with E-state index in [9.17, 15) is 9.59 Å². The first-order valence-corrected chi connectivity index (χ1v) is 8.37. The van der Waals surface area contributed by atoms with Crippen LogP contribution in [-0.4, -0.2) is 60.9 Å². The summed E-state index contributed by atoms with van der Waals surface area (Å²) < 4.78 is 0. The van der Waals surface area contributed by atoms with E-state index in [0.29, 0.717) is 6.42 Å². The van der Waals surface area contributed by atoms with Crippen molar-refractivity contribution in [3.05, 3.63) is 0 Å². The molecule has 5 nitrogen and oxygen atoms in total. The van der Waals surface area contributed by atoms with Crippen LogP contribution in [0.3, 0.4) is 0 Å². The van der Waals surface area contributed by atoms with E-state index in [2.05, 4.69) is 17.3 Å². The summed E-state index contributed by atoms with van der Waals surface area (Å²) in [5, 5.41) is 3.05. The van der Waals surface area contributed by atoms with E-state index in [1.165, 1.54) is 12.8 Å². The molecule has 1 heterocycles. The van der Waals surface area contributed by atoms with Crippen LogP contribution >= 0.6 is 0 Å². The second-order valence-corrected chi connectivity index (χ2v) is 6.41. The monoisotopic (exact) mass is 295 g/mol. The van der Waals surface area contributed by atoms with E-state index < -0.39 is 0 Å². The Kier molecular flexibility index (Phi) is 6.03. The van der Waals surface area contributed by atoms with Gasteiger partial charge in [-0.05, 0) is 39.2 Å². The predicted octanol–water partition coefficient (Wildman–Crippen LogP) is 1.24. The van der Waals surface area contributed by atoms with E-state index in [-0.39, 0.29) is 17.7 Å². The Hall–Kier alpha value is -1.10. The quantitative estimate of drug-likeness (QED) is 0.769. The molecular weight excluding hydrogens is 266 g/mol. The van der Waals surface area contributed by atoms with E-state index in [0.717, 1.165) is 51.5 Å². The smallest absolute Gasteiger partial charge is 0.223 e. The number of hydrogen-bond acceptors (Lipinski definition) is 3. The largest absolute Gasteiger partial charge is 0.355 e. The molecule has 1 aliphatic carbocycles. The van der Waals surface area contributed by atoms with Gasteiger partial charge in [-0.15, -0.1) is 0 Å². The van der Waals surface area contributed by atoms with Gasteiger partial charge in [0.1, 0.15) is 0 Å². The van der Waals surface area contributed by atoms with Crippen LogP contribution in [0.25, 0.3) is 0 Å². The highest BCUT2D eigenvalue weighted by Crippen LogP contribution is 2.24. The predicted molar refractivity (Wildman–Crippen MR) is 82.9 cm³/mol. The summed E-state index contributed by atoms with van der Waals surface area (Å²) in [6.07, 6.45) is 5.74. The van der Waals surface area contributed by atoms with Crippen molar-refractivity contribution in [1.29, 1.82) is 0 Å². The number of hydrogen-bond donors (Lipinski definition) is 1. The topological polar surface area (TPSA) is 52.7 Å². The number of piperidine rings is 1. The van der Waals surface area contributed by atoms with Crippen LogP contribution in [0.15, 0.2) is 0 Å². The van der Waals surface area contributed by atoms with E-state index in [1.54, 1.807) is 0 Å². The minimum atomic E-state index is 0.0851. The van der Waals surface area contributed by atoms with Gasteiger partial charge in [0.2, 0.25) is 11.8 Å². The fourth-order valence-electron chi connectivity index (χ4n) is 2.96. The van der Waals surface area contributed by atoms with Crippen LogP contribution in [0.2, 0.25) is 0 Å². The second kappa shape index (κ2) is 7.78. The van der Waals surface area contributed by atoms with Crippen LogP contribution < -0.4 is 5.32 Å². The number of nitrogens with zero attached hydrogens (tertiary/aromatic N) is 2. The van der Waals surface area contributed by atoms with Gasteiger partial charge in [0, 0.05) is 44.6 Å². The van der Waals surface area contributed by atoms with Gasteiger partial charge >= 0.3 is 0 Å². The van der Waals surface area contributed by atoms with Gasteiger partial charge in [0.15, 0.2) is 0 Å². The molecule has 0 bridgehead atoms. The maximum atomic E-state index is 12.1. The van der Waals surface area contributed by atoms with Gasteiger partial charge in [-0.3, -0.25) is 9.59 Å². The Bertz CT molecular complexity index is 361. The van der Waals surface area contributed by atoms with Crippen molar-refractivity contribution in [1.82, 2.24) is 15.1 Å². The van der Waals surface area contributed by atoms with Crippen LogP contribution in [0.1, 0.15) is 45.4 Å². The van der Waals surface area contributed by atoms with E-state index in [1.807, 2.05) is 11.8 Å². The SMILES string of the molecule is CCCC(=O)N1CCC(C(=O)NCCN(C)C2CC2)CC1. The number of carbonyl (C=O) groups is 2. The molecule has 0 radical (unpaired) electrons. The lowest BCUT2D eigenvalue weighted by Gasteiger charge is -2.31. The van der Waals surface area contributed by atoms with Gasteiger partial charge in [0.25, 0.3) is 0 Å². The lowest BCUT2D eigenvalue weighted by atomic mass is 9.95. The molecule has 0 unspecified atom stereocenters.